The van der Waals surface area contributed by atoms with Crippen molar-refractivity contribution in [2.24, 2.45) is 11.1 Å². The van der Waals surface area contributed by atoms with Crippen LogP contribution in [0, 0.1) is 11.7 Å². The number of nitrogens with zero attached hydrogens (tertiary/aromatic N) is 2. The lowest BCUT2D eigenvalue weighted by Crippen LogP contribution is -2.43. The van der Waals surface area contributed by atoms with E-state index in [-0.39, 0.29) is 38.0 Å². The Morgan fingerprint density at radius 2 is 1.93 bits per heavy atom. The number of carbonyl (C=O) groups excluding carboxylic acids is 1. The van der Waals surface area contributed by atoms with E-state index in [0.29, 0.717) is 33.4 Å². The maximum atomic E-state index is 14.4. The first kappa shape index (κ1) is 20.6. The molecule has 1 aliphatic rings. The molecule has 0 saturated carbocycles. The highest BCUT2D eigenvalue weighted by Gasteiger charge is 2.33. The second-order valence-electron chi connectivity index (χ2n) is 6.32. The molecule has 0 bridgehead atoms. The second-order valence-corrected chi connectivity index (χ2v) is 7.14. The molecule has 0 aliphatic carbocycles. The minimum atomic E-state index is -0.437. The van der Waals surface area contributed by atoms with Gasteiger partial charge in [-0.2, -0.15) is 0 Å². The number of oxime groups is 1. The van der Waals surface area contributed by atoms with Gasteiger partial charge in [-0.1, -0.05) is 52.6 Å². The molecule has 1 atom stereocenters. The third-order valence-corrected chi connectivity index (χ3v) is 5.11. The van der Waals surface area contributed by atoms with Gasteiger partial charge >= 0.3 is 0 Å². The standard InChI is InChI=1S/C20H19Cl2FN2O3/c21-15-5-3-6-16(22)20(15)25-12-13(8-9-18(25)27)19(24-28-11-10-26)14-4-1-2-7-17(14)23/h1-7,13,26H,8-12H2/b24-19+. The summed E-state index contributed by atoms with van der Waals surface area (Å²) in [7, 11) is 0. The summed E-state index contributed by atoms with van der Waals surface area (Å²) in [6.07, 6.45) is 0.715. The third-order valence-electron chi connectivity index (χ3n) is 4.50. The van der Waals surface area contributed by atoms with Gasteiger partial charge in [-0.3, -0.25) is 4.79 Å². The lowest BCUT2D eigenvalue weighted by Gasteiger charge is -2.34. The van der Waals surface area contributed by atoms with Gasteiger partial charge in [0.15, 0.2) is 0 Å². The van der Waals surface area contributed by atoms with Crippen LogP contribution in [0.2, 0.25) is 10.0 Å². The van der Waals surface area contributed by atoms with Gasteiger partial charge in [0.2, 0.25) is 5.91 Å². The van der Waals surface area contributed by atoms with Crippen LogP contribution >= 0.6 is 23.2 Å². The van der Waals surface area contributed by atoms with Crippen molar-refractivity contribution in [3.63, 3.8) is 0 Å². The number of aliphatic hydroxyl groups excluding tert-OH is 1. The van der Waals surface area contributed by atoms with Crippen LogP contribution < -0.4 is 4.90 Å². The van der Waals surface area contributed by atoms with E-state index in [4.69, 9.17) is 33.1 Å². The molecular weight excluding hydrogens is 406 g/mol. The molecule has 2 aromatic carbocycles. The molecule has 5 nitrogen and oxygen atoms in total. The van der Waals surface area contributed by atoms with E-state index in [1.165, 1.54) is 11.0 Å². The maximum absolute atomic E-state index is 14.4. The van der Waals surface area contributed by atoms with Gasteiger partial charge in [0.25, 0.3) is 0 Å². The molecule has 1 N–H and O–H groups in total. The molecule has 0 aromatic heterocycles. The SMILES string of the molecule is O=C1CCC(/C(=N\OCCO)c2ccccc2F)CN1c1c(Cl)cccc1Cl. The fourth-order valence-corrected chi connectivity index (χ4v) is 3.80. The van der Waals surface area contributed by atoms with Crippen LogP contribution in [-0.2, 0) is 9.63 Å². The van der Waals surface area contributed by atoms with Crippen molar-refractivity contribution in [2.75, 3.05) is 24.7 Å². The molecule has 8 heteroatoms. The predicted octanol–water partition coefficient (Wildman–Crippen LogP) is 4.29. The summed E-state index contributed by atoms with van der Waals surface area (Å²) in [5.74, 6) is -0.843. The van der Waals surface area contributed by atoms with Crippen molar-refractivity contribution in [1.82, 2.24) is 0 Å². The first-order valence-electron chi connectivity index (χ1n) is 8.83. The topological polar surface area (TPSA) is 62.1 Å². The minimum absolute atomic E-state index is 0.0103. The zero-order valence-corrected chi connectivity index (χ0v) is 16.5. The van der Waals surface area contributed by atoms with E-state index < -0.39 is 5.82 Å². The number of amides is 1. The summed E-state index contributed by atoms with van der Waals surface area (Å²) in [6.45, 7) is 0.0140. The van der Waals surface area contributed by atoms with Crippen LogP contribution in [0.1, 0.15) is 18.4 Å². The highest BCUT2D eigenvalue weighted by atomic mass is 35.5. The first-order chi connectivity index (χ1) is 13.5. The number of hydrogen-bond donors (Lipinski definition) is 1. The highest BCUT2D eigenvalue weighted by molar-refractivity contribution is 6.40. The molecule has 28 heavy (non-hydrogen) atoms. The zero-order valence-electron chi connectivity index (χ0n) is 14.9. The van der Waals surface area contributed by atoms with Crippen molar-refractivity contribution in [3.05, 3.63) is 63.9 Å². The summed E-state index contributed by atoms with van der Waals surface area (Å²) >= 11 is 12.6. The lowest BCUT2D eigenvalue weighted by atomic mass is 9.88. The summed E-state index contributed by atoms with van der Waals surface area (Å²) < 4.78 is 14.4. The van der Waals surface area contributed by atoms with Gasteiger partial charge in [0.1, 0.15) is 12.4 Å². The number of hydrogen-bond acceptors (Lipinski definition) is 4. The fourth-order valence-electron chi connectivity index (χ4n) is 3.20. The quantitative estimate of drug-likeness (QED) is 0.427. The number of rotatable bonds is 6. The Labute approximate surface area is 172 Å². The summed E-state index contributed by atoms with van der Waals surface area (Å²) in [5, 5.41) is 13.8. The van der Waals surface area contributed by atoms with Crippen LogP contribution in [0.3, 0.4) is 0 Å². The summed E-state index contributed by atoms with van der Waals surface area (Å²) in [4.78, 5) is 19.2. The number of anilines is 1. The highest BCUT2D eigenvalue weighted by Crippen LogP contribution is 2.37. The van der Waals surface area contributed by atoms with Gasteiger partial charge in [-0.05, 0) is 24.6 Å². The van der Waals surface area contributed by atoms with Crippen LogP contribution in [0.5, 0.6) is 0 Å². The molecule has 0 radical (unpaired) electrons. The van der Waals surface area contributed by atoms with Crippen molar-refractivity contribution in [1.29, 1.82) is 0 Å². The molecule has 1 unspecified atom stereocenters. The van der Waals surface area contributed by atoms with E-state index in [2.05, 4.69) is 5.16 Å². The van der Waals surface area contributed by atoms with Gasteiger partial charge in [-0.15, -0.1) is 0 Å². The summed E-state index contributed by atoms with van der Waals surface area (Å²) in [6, 6.07) is 11.3. The van der Waals surface area contributed by atoms with Crippen LogP contribution in [0.4, 0.5) is 10.1 Å². The molecule has 1 fully saturated rings. The Bertz CT molecular complexity index is 871. The molecule has 1 heterocycles. The van der Waals surface area contributed by atoms with Crippen molar-refractivity contribution in [3.8, 4) is 0 Å². The zero-order chi connectivity index (χ0) is 20.1. The molecule has 1 amide bonds. The Morgan fingerprint density at radius 3 is 2.61 bits per heavy atom. The van der Waals surface area contributed by atoms with Gasteiger partial charge in [0.05, 0.1) is 28.1 Å². The summed E-state index contributed by atoms with van der Waals surface area (Å²) in [5.41, 5.74) is 1.11. The largest absolute Gasteiger partial charge is 0.393 e. The number of halogens is 3. The monoisotopic (exact) mass is 424 g/mol. The Morgan fingerprint density at radius 1 is 1.21 bits per heavy atom. The average molecular weight is 425 g/mol. The Hall–Kier alpha value is -2.15. The third kappa shape index (κ3) is 4.46. The normalized spacial score (nSPS) is 17.7. The number of benzene rings is 2. The first-order valence-corrected chi connectivity index (χ1v) is 9.58. The van der Waals surface area contributed by atoms with E-state index in [9.17, 15) is 9.18 Å². The smallest absolute Gasteiger partial charge is 0.227 e. The van der Waals surface area contributed by atoms with E-state index in [1.807, 2.05) is 0 Å². The van der Waals surface area contributed by atoms with E-state index in [1.54, 1.807) is 36.4 Å². The number of carbonyl (C=O) groups is 1. The molecule has 148 valence electrons. The number of para-hydroxylation sites is 1. The molecule has 2 aromatic rings. The molecule has 3 rings (SSSR count). The van der Waals surface area contributed by atoms with Crippen molar-refractivity contribution >= 4 is 40.5 Å². The van der Waals surface area contributed by atoms with Crippen molar-refractivity contribution in [2.45, 2.75) is 12.8 Å². The number of piperidine rings is 1. The molecular formula is C20H19Cl2FN2O3. The van der Waals surface area contributed by atoms with Gasteiger partial charge in [-0.25, -0.2) is 4.39 Å². The van der Waals surface area contributed by atoms with Crippen LogP contribution in [0.25, 0.3) is 0 Å². The molecule has 1 saturated heterocycles. The van der Waals surface area contributed by atoms with Gasteiger partial charge in [0, 0.05) is 24.4 Å². The van der Waals surface area contributed by atoms with E-state index >= 15 is 0 Å². The lowest BCUT2D eigenvalue weighted by molar-refractivity contribution is -0.119. The number of aliphatic hydroxyl groups is 1. The molecule has 1 aliphatic heterocycles. The minimum Gasteiger partial charge on any atom is -0.393 e. The average Bonchev–Trinajstić information content (AvgIpc) is 2.68. The van der Waals surface area contributed by atoms with Crippen LogP contribution in [0.15, 0.2) is 47.6 Å². The maximum Gasteiger partial charge on any atom is 0.227 e. The Kier molecular flexibility index (Phi) is 6.88. The molecule has 0 spiro atoms. The van der Waals surface area contributed by atoms with E-state index in [0.717, 1.165) is 0 Å². The van der Waals surface area contributed by atoms with Crippen LogP contribution in [-0.4, -0.2) is 36.5 Å². The fraction of sp³-hybridized carbons (Fsp3) is 0.300. The Balaban J connectivity index is 1.96. The predicted molar refractivity (Wildman–Crippen MR) is 108 cm³/mol. The van der Waals surface area contributed by atoms with Gasteiger partial charge < -0.3 is 14.8 Å². The van der Waals surface area contributed by atoms with Crippen molar-refractivity contribution < 1.29 is 19.1 Å². The second kappa shape index (κ2) is 9.37.